The fourth-order valence-corrected chi connectivity index (χ4v) is 2.26. The zero-order valence-corrected chi connectivity index (χ0v) is 12.2. The molecule has 2 heterocycles. The smallest absolute Gasteiger partial charge is 0.297 e. The summed E-state index contributed by atoms with van der Waals surface area (Å²) in [5.74, 6) is 0.683. The Morgan fingerprint density at radius 1 is 1.42 bits per heavy atom. The maximum Gasteiger partial charge on any atom is 0.297 e. The topological polar surface area (TPSA) is 50.5 Å². The van der Waals surface area contributed by atoms with E-state index >= 15 is 0 Å². The number of aromatic nitrogens is 1. The Morgan fingerprint density at radius 3 is 2.84 bits per heavy atom. The molecule has 108 valence electrons. The quantitative estimate of drug-likeness (QED) is 0.854. The van der Waals surface area contributed by atoms with E-state index in [-0.39, 0.29) is 0 Å². The van der Waals surface area contributed by atoms with Crippen molar-refractivity contribution in [1.29, 1.82) is 0 Å². The van der Waals surface area contributed by atoms with Crippen LogP contribution in [0.2, 0.25) is 0 Å². The molecule has 0 spiro atoms. The van der Waals surface area contributed by atoms with E-state index in [1.807, 2.05) is 7.05 Å². The first-order chi connectivity index (χ1) is 9.15. The Morgan fingerprint density at radius 2 is 2.16 bits per heavy atom. The second-order valence-electron chi connectivity index (χ2n) is 5.59. The van der Waals surface area contributed by atoms with Crippen molar-refractivity contribution < 1.29 is 9.15 Å². The number of nitrogens with one attached hydrogen (secondary N) is 1. The van der Waals surface area contributed by atoms with Gasteiger partial charge in [0.2, 0.25) is 0 Å². The molecule has 0 bridgehead atoms. The average Bonchev–Trinajstić information content (AvgIpc) is 2.86. The van der Waals surface area contributed by atoms with Gasteiger partial charge in [-0.2, -0.15) is 4.98 Å². The lowest BCUT2D eigenvalue weighted by molar-refractivity contribution is 0.0682. The molecule has 1 aromatic heterocycles. The molecule has 19 heavy (non-hydrogen) atoms. The summed E-state index contributed by atoms with van der Waals surface area (Å²) in [6, 6.07) is 1.17. The van der Waals surface area contributed by atoms with Crippen LogP contribution in [0.15, 0.2) is 10.7 Å². The van der Waals surface area contributed by atoms with Crippen LogP contribution < -0.4 is 10.2 Å². The summed E-state index contributed by atoms with van der Waals surface area (Å²) in [7, 11) is 2.04. The van der Waals surface area contributed by atoms with Gasteiger partial charge in [-0.3, -0.25) is 0 Å². The van der Waals surface area contributed by atoms with Gasteiger partial charge in [-0.05, 0) is 18.8 Å². The zero-order chi connectivity index (χ0) is 13.7. The second-order valence-corrected chi connectivity index (χ2v) is 5.59. The minimum Gasteiger partial charge on any atom is -0.432 e. The number of nitrogens with zero attached hydrogens (tertiary/aromatic N) is 2. The highest BCUT2D eigenvalue weighted by Gasteiger charge is 2.18. The zero-order valence-electron chi connectivity index (χ0n) is 12.2. The van der Waals surface area contributed by atoms with E-state index in [9.17, 15) is 0 Å². The summed E-state index contributed by atoms with van der Waals surface area (Å²) in [5.41, 5.74) is 0.961. The van der Waals surface area contributed by atoms with E-state index in [1.165, 1.54) is 0 Å². The minimum atomic E-state index is 0.458. The first kappa shape index (κ1) is 14.3. The van der Waals surface area contributed by atoms with Crippen LogP contribution in [0.4, 0.5) is 6.01 Å². The summed E-state index contributed by atoms with van der Waals surface area (Å²) < 4.78 is 10.9. The molecule has 0 saturated carbocycles. The summed E-state index contributed by atoms with van der Waals surface area (Å²) in [4.78, 5) is 6.62. The van der Waals surface area contributed by atoms with E-state index in [0.29, 0.717) is 18.0 Å². The minimum absolute atomic E-state index is 0.458. The number of rotatable bonds is 6. The van der Waals surface area contributed by atoms with Crippen molar-refractivity contribution in [1.82, 2.24) is 10.3 Å². The Labute approximate surface area is 115 Å². The third-order valence-electron chi connectivity index (χ3n) is 3.43. The van der Waals surface area contributed by atoms with Gasteiger partial charge in [0, 0.05) is 39.4 Å². The molecular weight excluding hydrogens is 242 g/mol. The molecule has 1 fully saturated rings. The largest absolute Gasteiger partial charge is 0.432 e. The Bertz CT molecular complexity index is 373. The Kier molecular flexibility index (Phi) is 5.22. The highest BCUT2D eigenvalue weighted by atomic mass is 16.5. The average molecular weight is 267 g/mol. The van der Waals surface area contributed by atoms with Crippen LogP contribution in [0.5, 0.6) is 0 Å². The fourth-order valence-electron chi connectivity index (χ4n) is 2.26. The highest BCUT2D eigenvalue weighted by Crippen LogP contribution is 2.19. The fraction of sp³-hybridized carbons (Fsp3) is 0.786. The van der Waals surface area contributed by atoms with Crippen molar-refractivity contribution >= 4 is 6.01 Å². The molecule has 0 atom stereocenters. The van der Waals surface area contributed by atoms with Gasteiger partial charge < -0.3 is 19.4 Å². The molecule has 5 nitrogen and oxygen atoms in total. The molecule has 1 N–H and O–H groups in total. The van der Waals surface area contributed by atoms with Crippen molar-refractivity contribution in [2.45, 2.75) is 39.3 Å². The number of hydrogen-bond donors (Lipinski definition) is 1. The van der Waals surface area contributed by atoms with Gasteiger partial charge in [-0.1, -0.05) is 13.8 Å². The Balaban J connectivity index is 1.82. The van der Waals surface area contributed by atoms with Gasteiger partial charge in [0.1, 0.15) is 6.26 Å². The highest BCUT2D eigenvalue weighted by molar-refractivity contribution is 5.25. The molecule has 0 aromatic carbocycles. The third-order valence-corrected chi connectivity index (χ3v) is 3.43. The van der Waals surface area contributed by atoms with Crippen LogP contribution >= 0.6 is 0 Å². The summed E-state index contributed by atoms with van der Waals surface area (Å²) in [6.45, 7) is 7.75. The first-order valence-electron chi connectivity index (χ1n) is 7.12. The van der Waals surface area contributed by atoms with Gasteiger partial charge in [-0.25, -0.2) is 0 Å². The second kappa shape index (κ2) is 6.91. The molecule has 5 heteroatoms. The first-order valence-corrected chi connectivity index (χ1v) is 7.12. The molecule has 0 amide bonds. The van der Waals surface area contributed by atoms with E-state index in [0.717, 1.165) is 44.8 Å². The summed E-state index contributed by atoms with van der Waals surface area (Å²) in [5, 5.41) is 3.34. The van der Waals surface area contributed by atoms with Gasteiger partial charge in [-0.15, -0.1) is 0 Å². The van der Waals surface area contributed by atoms with Crippen molar-refractivity contribution in [3.8, 4) is 0 Å². The standard InChI is InChI=1S/C14H25N3O2/c1-11(2)15-8-13-10-19-14(16-13)17(3)9-12-4-6-18-7-5-12/h10-12,15H,4-9H2,1-3H3. The van der Waals surface area contributed by atoms with Crippen molar-refractivity contribution in [2.75, 3.05) is 31.7 Å². The van der Waals surface area contributed by atoms with E-state index in [1.54, 1.807) is 6.26 Å². The normalized spacial score (nSPS) is 17.1. The number of hydrogen-bond acceptors (Lipinski definition) is 5. The lowest BCUT2D eigenvalue weighted by atomic mass is 10.0. The van der Waals surface area contributed by atoms with Crippen molar-refractivity contribution in [3.05, 3.63) is 12.0 Å². The van der Waals surface area contributed by atoms with Crippen LogP contribution in [0.3, 0.4) is 0 Å². The lowest BCUT2D eigenvalue weighted by Gasteiger charge is -2.26. The molecule has 1 aliphatic heterocycles. The number of ether oxygens (including phenoxy) is 1. The molecule has 0 aliphatic carbocycles. The molecule has 2 rings (SSSR count). The van der Waals surface area contributed by atoms with Crippen LogP contribution in [0.25, 0.3) is 0 Å². The van der Waals surface area contributed by atoms with E-state index < -0.39 is 0 Å². The number of anilines is 1. The van der Waals surface area contributed by atoms with E-state index in [2.05, 4.69) is 29.0 Å². The van der Waals surface area contributed by atoms with Crippen LogP contribution in [-0.2, 0) is 11.3 Å². The van der Waals surface area contributed by atoms with Gasteiger partial charge >= 0.3 is 0 Å². The van der Waals surface area contributed by atoms with Crippen molar-refractivity contribution in [2.24, 2.45) is 5.92 Å². The Hall–Kier alpha value is -1.07. The predicted molar refractivity (Wildman–Crippen MR) is 75.3 cm³/mol. The molecule has 0 unspecified atom stereocenters. The van der Waals surface area contributed by atoms with Crippen LogP contribution in [0, 0.1) is 5.92 Å². The number of oxazole rings is 1. The van der Waals surface area contributed by atoms with E-state index in [4.69, 9.17) is 9.15 Å². The third kappa shape index (κ3) is 4.51. The molecular formula is C14H25N3O2. The predicted octanol–water partition coefficient (Wildman–Crippen LogP) is 2.04. The van der Waals surface area contributed by atoms with Crippen LogP contribution in [0.1, 0.15) is 32.4 Å². The van der Waals surface area contributed by atoms with Crippen molar-refractivity contribution in [3.63, 3.8) is 0 Å². The molecule has 0 radical (unpaired) electrons. The lowest BCUT2D eigenvalue weighted by Crippen LogP contribution is -2.29. The maximum absolute atomic E-state index is 5.54. The SMILES string of the molecule is CC(C)NCc1coc(N(C)CC2CCOCC2)n1. The van der Waals surface area contributed by atoms with Gasteiger partial charge in [0.15, 0.2) is 0 Å². The molecule has 1 aromatic rings. The van der Waals surface area contributed by atoms with Gasteiger partial charge in [0.05, 0.1) is 5.69 Å². The molecule has 1 aliphatic rings. The van der Waals surface area contributed by atoms with Crippen LogP contribution in [-0.4, -0.2) is 37.8 Å². The maximum atomic E-state index is 5.54. The summed E-state index contributed by atoms with van der Waals surface area (Å²) in [6.07, 6.45) is 4.00. The van der Waals surface area contributed by atoms with Gasteiger partial charge in [0.25, 0.3) is 6.01 Å². The summed E-state index contributed by atoms with van der Waals surface area (Å²) >= 11 is 0. The molecule has 1 saturated heterocycles. The monoisotopic (exact) mass is 267 g/mol.